The molecule has 1 aromatic carbocycles. The molecule has 2 atom stereocenters. The van der Waals surface area contributed by atoms with E-state index in [4.69, 9.17) is 0 Å². The molecule has 0 aliphatic carbocycles. The molecule has 0 radical (unpaired) electrons. The largest absolute Gasteiger partial charge is 0.336 e. The Balaban J connectivity index is 1.83. The van der Waals surface area contributed by atoms with Crippen molar-refractivity contribution in [1.82, 2.24) is 9.80 Å². The maximum atomic E-state index is 13.4. The molecule has 0 bridgehead atoms. The van der Waals surface area contributed by atoms with Crippen LogP contribution in [0, 0.1) is 11.6 Å². The SMILES string of the molecule is CC(=O)N1CCN(Cc2ccc(F)c(F)c2)[C@@H]2CS(=O)(=O)C[C@@H]21. The van der Waals surface area contributed by atoms with Crippen molar-refractivity contribution in [3.63, 3.8) is 0 Å². The fourth-order valence-electron chi connectivity index (χ4n) is 3.48. The molecule has 2 heterocycles. The van der Waals surface area contributed by atoms with Gasteiger partial charge in [0.15, 0.2) is 21.5 Å². The van der Waals surface area contributed by atoms with Gasteiger partial charge in [-0.25, -0.2) is 17.2 Å². The molecule has 8 heteroatoms. The van der Waals surface area contributed by atoms with Crippen molar-refractivity contribution < 1.29 is 22.0 Å². The number of carbonyl (C=O) groups is 1. The Kier molecular flexibility index (Phi) is 4.14. The summed E-state index contributed by atoms with van der Waals surface area (Å²) in [5.41, 5.74) is 0.586. The average Bonchev–Trinajstić information content (AvgIpc) is 2.78. The Morgan fingerprint density at radius 2 is 1.87 bits per heavy atom. The van der Waals surface area contributed by atoms with Crippen LogP contribution in [-0.2, 0) is 21.2 Å². The molecule has 2 aliphatic rings. The van der Waals surface area contributed by atoms with Crippen LogP contribution in [0.1, 0.15) is 12.5 Å². The number of hydrogen-bond acceptors (Lipinski definition) is 4. The fraction of sp³-hybridized carbons (Fsp3) is 0.533. The number of rotatable bonds is 2. The third-order valence-corrected chi connectivity index (χ3v) is 6.26. The van der Waals surface area contributed by atoms with Gasteiger partial charge in [-0.2, -0.15) is 0 Å². The summed E-state index contributed by atoms with van der Waals surface area (Å²) in [7, 11) is -3.20. The maximum absolute atomic E-state index is 13.4. The minimum absolute atomic E-state index is 0.00881. The smallest absolute Gasteiger partial charge is 0.219 e. The number of amides is 1. The summed E-state index contributed by atoms with van der Waals surface area (Å²) in [5, 5.41) is 0. The number of nitrogens with zero attached hydrogens (tertiary/aromatic N) is 2. The number of sulfone groups is 1. The van der Waals surface area contributed by atoms with Gasteiger partial charge in [0.1, 0.15) is 0 Å². The number of hydrogen-bond donors (Lipinski definition) is 0. The summed E-state index contributed by atoms with van der Waals surface area (Å²) in [6.07, 6.45) is 0. The Morgan fingerprint density at radius 3 is 2.52 bits per heavy atom. The summed E-state index contributed by atoms with van der Waals surface area (Å²) in [6, 6.07) is 3.03. The van der Waals surface area contributed by atoms with Gasteiger partial charge in [0, 0.05) is 32.6 Å². The molecule has 0 spiro atoms. The first kappa shape index (κ1) is 16.3. The number of carbonyl (C=O) groups excluding carboxylic acids is 1. The first-order chi connectivity index (χ1) is 10.8. The van der Waals surface area contributed by atoms with Gasteiger partial charge >= 0.3 is 0 Å². The van der Waals surface area contributed by atoms with Crippen LogP contribution >= 0.6 is 0 Å². The first-order valence-electron chi connectivity index (χ1n) is 7.42. The molecular formula is C15H18F2N2O3S. The summed E-state index contributed by atoms with van der Waals surface area (Å²) < 4.78 is 50.3. The van der Waals surface area contributed by atoms with E-state index >= 15 is 0 Å². The van der Waals surface area contributed by atoms with Crippen molar-refractivity contribution in [3.8, 4) is 0 Å². The van der Waals surface area contributed by atoms with Gasteiger partial charge in [0.05, 0.1) is 17.5 Å². The van der Waals surface area contributed by atoms with E-state index in [0.717, 1.165) is 12.1 Å². The van der Waals surface area contributed by atoms with Gasteiger partial charge in [-0.15, -0.1) is 0 Å². The summed E-state index contributed by atoms with van der Waals surface area (Å²) >= 11 is 0. The summed E-state index contributed by atoms with van der Waals surface area (Å²) in [5.74, 6) is -2.00. The van der Waals surface area contributed by atoms with E-state index in [0.29, 0.717) is 25.2 Å². The van der Waals surface area contributed by atoms with Crippen LogP contribution in [0.4, 0.5) is 8.78 Å². The van der Waals surface area contributed by atoms with E-state index < -0.39 is 21.5 Å². The van der Waals surface area contributed by atoms with Crippen molar-refractivity contribution >= 4 is 15.7 Å². The lowest BCUT2D eigenvalue weighted by molar-refractivity contribution is -0.134. The van der Waals surface area contributed by atoms with E-state index in [9.17, 15) is 22.0 Å². The normalized spacial score (nSPS) is 27.0. The molecule has 3 rings (SSSR count). The lowest BCUT2D eigenvalue weighted by atomic mass is 10.0. The highest BCUT2D eigenvalue weighted by Gasteiger charge is 2.47. The zero-order valence-electron chi connectivity index (χ0n) is 12.7. The van der Waals surface area contributed by atoms with Gasteiger partial charge in [-0.3, -0.25) is 9.69 Å². The minimum atomic E-state index is -3.20. The molecule has 2 aliphatic heterocycles. The van der Waals surface area contributed by atoms with Crippen LogP contribution in [0.2, 0.25) is 0 Å². The molecule has 0 saturated carbocycles. The quantitative estimate of drug-likeness (QED) is 0.796. The van der Waals surface area contributed by atoms with Crippen LogP contribution in [0.25, 0.3) is 0 Å². The van der Waals surface area contributed by atoms with Gasteiger partial charge in [-0.1, -0.05) is 6.07 Å². The molecule has 0 aromatic heterocycles. The summed E-state index contributed by atoms with van der Waals surface area (Å²) in [6.45, 7) is 2.72. The maximum Gasteiger partial charge on any atom is 0.219 e. The Labute approximate surface area is 133 Å². The van der Waals surface area contributed by atoms with E-state index in [1.807, 2.05) is 4.90 Å². The zero-order chi connectivity index (χ0) is 16.8. The Bertz CT molecular complexity index is 738. The monoisotopic (exact) mass is 344 g/mol. The van der Waals surface area contributed by atoms with E-state index in [2.05, 4.69) is 0 Å². The molecule has 2 saturated heterocycles. The lowest BCUT2D eigenvalue weighted by Gasteiger charge is -2.43. The highest BCUT2D eigenvalue weighted by molar-refractivity contribution is 7.91. The lowest BCUT2D eigenvalue weighted by Crippen LogP contribution is -2.59. The molecular weight excluding hydrogens is 326 g/mol. The first-order valence-corrected chi connectivity index (χ1v) is 9.24. The molecule has 2 fully saturated rings. The number of benzene rings is 1. The second-order valence-corrected chi connectivity index (χ2v) is 8.30. The Morgan fingerprint density at radius 1 is 1.17 bits per heavy atom. The molecule has 1 amide bonds. The molecule has 0 N–H and O–H groups in total. The molecule has 1 aromatic rings. The van der Waals surface area contributed by atoms with E-state index in [1.54, 1.807) is 4.90 Å². The van der Waals surface area contributed by atoms with Crippen LogP contribution in [-0.4, -0.2) is 60.8 Å². The van der Waals surface area contributed by atoms with Crippen molar-refractivity contribution in [3.05, 3.63) is 35.4 Å². The summed E-state index contributed by atoms with van der Waals surface area (Å²) in [4.78, 5) is 15.3. The number of piperazine rings is 1. The van der Waals surface area contributed by atoms with Crippen molar-refractivity contribution in [2.75, 3.05) is 24.6 Å². The second kappa shape index (κ2) is 5.83. The number of halogens is 2. The van der Waals surface area contributed by atoms with E-state index in [1.165, 1.54) is 13.0 Å². The van der Waals surface area contributed by atoms with Gasteiger partial charge in [0.25, 0.3) is 0 Å². The fourth-order valence-corrected chi connectivity index (χ4v) is 5.50. The van der Waals surface area contributed by atoms with Crippen LogP contribution in [0.3, 0.4) is 0 Å². The molecule has 23 heavy (non-hydrogen) atoms. The van der Waals surface area contributed by atoms with Crippen LogP contribution in [0.15, 0.2) is 18.2 Å². The highest BCUT2D eigenvalue weighted by atomic mass is 32.2. The van der Waals surface area contributed by atoms with Gasteiger partial charge < -0.3 is 4.90 Å². The molecule has 126 valence electrons. The van der Waals surface area contributed by atoms with Crippen molar-refractivity contribution in [2.24, 2.45) is 0 Å². The molecule has 0 unspecified atom stereocenters. The number of fused-ring (bicyclic) bond motifs is 1. The predicted molar refractivity (Wildman–Crippen MR) is 80.4 cm³/mol. The second-order valence-electron chi connectivity index (χ2n) is 6.14. The highest BCUT2D eigenvalue weighted by Crippen LogP contribution is 2.28. The predicted octanol–water partition coefficient (Wildman–Crippen LogP) is 0.794. The zero-order valence-corrected chi connectivity index (χ0v) is 13.5. The van der Waals surface area contributed by atoms with Crippen molar-refractivity contribution in [1.29, 1.82) is 0 Å². The minimum Gasteiger partial charge on any atom is -0.336 e. The molecule has 5 nitrogen and oxygen atoms in total. The Hall–Kier alpha value is -1.54. The topological polar surface area (TPSA) is 57.7 Å². The average molecular weight is 344 g/mol. The van der Waals surface area contributed by atoms with Gasteiger partial charge in [-0.05, 0) is 17.7 Å². The third kappa shape index (κ3) is 3.23. The van der Waals surface area contributed by atoms with E-state index in [-0.39, 0.29) is 29.5 Å². The van der Waals surface area contributed by atoms with Crippen LogP contribution in [0.5, 0.6) is 0 Å². The van der Waals surface area contributed by atoms with Gasteiger partial charge in [0.2, 0.25) is 5.91 Å². The standard InChI is InChI=1S/C15H18F2N2O3S/c1-10(20)19-5-4-18(14-8-23(21,22)9-15(14)19)7-11-2-3-12(16)13(17)6-11/h2-3,6,14-15H,4-5,7-9H2,1H3/t14-,15+/m1/s1. The van der Waals surface area contributed by atoms with Crippen LogP contribution < -0.4 is 0 Å². The third-order valence-electron chi connectivity index (χ3n) is 4.57. The van der Waals surface area contributed by atoms with Crippen molar-refractivity contribution in [2.45, 2.75) is 25.6 Å².